The quantitative estimate of drug-likeness (QED) is 0.886. The molecule has 1 atom stereocenters. The minimum atomic E-state index is 0.0571. The van der Waals surface area contributed by atoms with Gasteiger partial charge in [0.05, 0.1) is 5.52 Å². The third-order valence-electron chi connectivity index (χ3n) is 2.82. The molecule has 2 N–H and O–H groups in total. The summed E-state index contributed by atoms with van der Waals surface area (Å²) in [7, 11) is 0. The summed E-state index contributed by atoms with van der Waals surface area (Å²) in [5.74, 6) is 0. The zero-order valence-corrected chi connectivity index (χ0v) is 11.5. The van der Waals surface area contributed by atoms with Crippen LogP contribution in [0, 0.1) is 0 Å². The Balaban J connectivity index is 2.83. The molecule has 0 radical (unpaired) electrons. The number of para-hydroxylation sites is 1. The normalized spacial score (nSPS) is 13.6. The summed E-state index contributed by atoms with van der Waals surface area (Å²) >= 11 is 3.62. The lowest BCUT2D eigenvalue weighted by Crippen LogP contribution is -2.13. The van der Waals surface area contributed by atoms with Gasteiger partial charge in [-0.3, -0.25) is 0 Å². The molecule has 2 aromatic rings. The van der Waals surface area contributed by atoms with E-state index in [1.54, 1.807) is 0 Å². The van der Waals surface area contributed by atoms with Crippen LogP contribution in [0.3, 0.4) is 0 Å². The SMILES string of the molecule is CC(N)c1cc2cccc(Br)c2n1C(C)C. The van der Waals surface area contributed by atoms with E-state index in [1.807, 2.05) is 6.92 Å². The summed E-state index contributed by atoms with van der Waals surface area (Å²) in [5, 5.41) is 1.25. The highest BCUT2D eigenvalue weighted by molar-refractivity contribution is 9.10. The first kappa shape index (κ1) is 11.7. The molecule has 0 aliphatic carbocycles. The van der Waals surface area contributed by atoms with E-state index in [4.69, 9.17) is 5.73 Å². The van der Waals surface area contributed by atoms with Crippen LogP contribution in [-0.4, -0.2) is 4.57 Å². The first-order valence-corrected chi connectivity index (χ1v) is 6.36. The van der Waals surface area contributed by atoms with Crippen molar-refractivity contribution in [2.24, 2.45) is 5.73 Å². The van der Waals surface area contributed by atoms with Gasteiger partial charge in [0.25, 0.3) is 0 Å². The van der Waals surface area contributed by atoms with Crippen LogP contribution in [-0.2, 0) is 0 Å². The number of halogens is 1. The Morgan fingerprint density at radius 3 is 2.50 bits per heavy atom. The van der Waals surface area contributed by atoms with Crippen molar-refractivity contribution >= 4 is 26.8 Å². The minimum absolute atomic E-state index is 0.0571. The summed E-state index contributed by atoms with van der Waals surface area (Å²) < 4.78 is 3.44. The number of nitrogens with zero attached hydrogens (tertiary/aromatic N) is 1. The molecule has 1 aromatic heterocycles. The van der Waals surface area contributed by atoms with E-state index in [9.17, 15) is 0 Å². The van der Waals surface area contributed by atoms with Gasteiger partial charge in [-0.25, -0.2) is 0 Å². The maximum atomic E-state index is 6.03. The Labute approximate surface area is 105 Å². The van der Waals surface area contributed by atoms with Crippen LogP contribution in [0.1, 0.15) is 38.5 Å². The van der Waals surface area contributed by atoms with Crippen LogP contribution in [0.5, 0.6) is 0 Å². The van der Waals surface area contributed by atoms with Crippen molar-refractivity contribution in [1.29, 1.82) is 0 Å². The van der Waals surface area contributed by atoms with Crippen LogP contribution in [0.25, 0.3) is 10.9 Å². The second-order valence-electron chi connectivity index (χ2n) is 4.50. The Hall–Kier alpha value is -0.800. The smallest absolute Gasteiger partial charge is 0.0629 e. The van der Waals surface area contributed by atoms with Crippen LogP contribution < -0.4 is 5.73 Å². The van der Waals surface area contributed by atoms with E-state index < -0.39 is 0 Å². The second-order valence-corrected chi connectivity index (χ2v) is 5.35. The monoisotopic (exact) mass is 280 g/mol. The lowest BCUT2D eigenvalue weighted by Gasteiger charge is -2.17. The molecule has 16 heavy (non-hydrogen) atoms. The van der Waals surface area contributed by atoms with Crippen molar-refractivity contribution < 1.29 is 0 Å². The number of fused-ring (bicyclic) bond motifs is 1. The average molecular weight is 281 g/mol. The molecular formula is C13H17BrN2. The molecule has 0 saturated carbocycles. The average Bonchev–Trinajstić information content (AvgIpc) is 2.58. The van der Waals surface area contributed by atoms with Crippen molar-refractivity contribution in [3.05, 3.63) is 34.4 Å². The number of rotatable bonds is 2. The van der Waals surface area contributed by atoms with E-state index >= 15 is 0 Å². The molecule has 0 aliphatic heterocycles. The molecule has 3 heteroatoms. The zero-order chi connectivity index (χ0) is 11.9. The standard InChI is InChI=1S/C13H17BrN2/c1-8(2)16-12(9(3)15)7-10-5-4-6-11(14)13(10)16/h4-9H,15H2,1-3H3. The van der Waals surface area contributed by atoms with Gasteiger partial charge in [0.2, 0.25) is 0 Å². The Morgan fingerprint density at radius 2 is 1.94 bits per heavy atom. The molecule has 1 unspecified atom stereocenters. The topological polar surface area (TPSA) is 30.9 Å². The van der Waals surface area contributed by atoms with Gasteiger partial charge in [-0.2, -0.15) is 0 Å². The molecule has 0 bridgehead atoms. The summed E-state index contributed by atoms with van der Waals surface area (Å²) in [6.45, 7) is 6.40. The lowest BCUT2D eigenvalue weighted by atomic mass is 10.2. The fourth-order valence-corrected chi connectivity index (χ4v) is 2.74. The molecule has 0 aliphatic rings. The van der Waals surface area contributed by atoms with Gasteiger partial charge in [-0.15, -0.1) is 0 Å². The number of benzene rings is 1. The van der Waals surface area contributed by atoms with Gasteiger partial charge in [-0.05, 0) is 48.8 Å². The van der Waals surface area contributed by atoms with E-state index in [-0.39, 0.29) is 6.04 Å². The third kappa shape index (κ3) is 1.78. The van der Waals surface area contributed by atoms with Crippen molar-refractivity contribution in [1.82, 2.24) is 4.57 Å². The first-order chi connectivity index (χ1) is 7.52. The van der Waals surface area contributed by atoms with Crippen molar-refractivity contribution in [2.45, 2.75) is 32.9 Å². The maximum absolute atomic E-state index is 6.03. The molecular weight excluding hydrogens is 264 g/mol. The largest absolute Gasteiger partial charge is 0.340 e. The van der Waals surface area contributed by atoms with Gasteiger partial charge < -0.3 is 10.3 Å². The van der Waals surface area contributed by atoms with Gasteiger partial charge in [0, 0.05) is 27.6 Å². The predicted molar refractivity (Wildman–Crippen MR) is 72.6 cm³/mol. The Bertz CT molecular complexity index is 512. The summed E-state index contributed by atoms with van der Waals surface area (Å²) in [5.41, 5.74) is 8.46. The maximum Gasteiger partial charge on any atom is 0.0629 e. The molecule has 1 aromatic carbocycles. The van der Waals surface area contributed by atoms with Crippen molar-refractivity contribution in [3.63, 3.8) is 0 Å². The van der Waals surface area contributed by atoms with E-state index in [0.717, 1.165) is 4.47 Å². The molecule has 1 heterocycles. The fraction of sp³-hybridized carbons (Fsp3) is 0.385. The Morgan fingerprint density at radius 1 is 1.25 bits per heavy atom. The predicted octanol–water partition coefficient (Wildman–Crippen LogP) is 4.00. The lowest BCUT2D eigenvalue weighted by molar-refractivity contribution is 0.570. The van der Waals surface area contributed by atoms with Gasteiger partial charge in [0.1, 0.15) is 0 Å². The highest BCUT2D eigenvalue weighted by Crippen LogP contribution is 2.32. The van der Waals surface area contributed by atoms with Crippen LogP contribution >= 0.6 is 15.9 Å². The van der Waals surface area contributed by atoms with Crippen molar-refractivity contribution in [2.75, 3.05) is 0 Å². The van der Waals surface area contributed by atoms with Crippen molar-refractivity contribution in [3.8, 4) is 0 Å². The highest BCUT2D eigenvalue weighted by Gasteiger charge is 2.15. The molecule has 86 valence electrons. The summed E-state index contributed by atoms with van der Waals surface area (Å²) in [4.78, 5) is 0. The highest BCUT2D eigenvalue weighted by atomic mass is 79.9. The number of aromatic nitrogens is 1. The molecule has 0 saturated heterocycles. The fourth-order valence-electron chi connectivity index (χ4n) is 2.17. The van der Waals surface area contributed by atoms with Crippen LogP contribution in [0.4, 0.5) is 0 Å². The van der Waals surface area contributed by atoms with Gasteiger partial charge in [0.15, 0.2) is 0 Å². The summed E-state index contributed by atoms with van der Waals surface area (Å²) in [6.07, 6.45) is 0. The first-order valence-electron chi connectivity index (χ1n) is 5.57. The minimum Gasteiger partial charge on any atom is -0.340 e. The number of hydrogen-bond donors (Lipinski definition) is 1. The molecule has 2 nitrogen and oxygen atoms in total. The molecule has 0 amide bonds. The third-order valence-corrected chi connectivity index (χ3v) is 3.46. The molecule has 0 fully saturated rings. The Kier molecular flexibility index (Phi) is 3.08. The number of hydrogen-bond acceptors (Lipinski definition) is 1. The van der Waals surface area contributed by atoms with Crippen LogP contribution in [0.15, 0.2) is 28.7 Å². The number of nitrogens with two attached hydrogens (primary N) is 1. The van der Waals surface area contributed by atoms with E-state index in [2.05, 4.69) is 58.6 Å². The second kappa shape index (κ2) is 4.22. The van der Waals surface area contributed by atoms with Gasteiger partial charge in [-0.1, -0.05) is 12.1 Å². The van der Waals surface area contributed by atoms with E-state index in [0.29, 0.717) is 6.04 Å². The molecule has 2 rings (SSSR count). The van der Waals surface area contributed by atoms with Gasteiger partial charge >= 0.3 is 0 Å². The molecule has 0 spiro atoms. The summed E-state index contributed by atoms with van der Waals surface area (Å²) in [6, 6.07) is 8.92. The van der Waals surface area contributed by atoms with Crippen LogP contribution in [0.2, 0.25) is 0 Å². The zero-order valence-electron chi connectivity index (χ0n) is 9.87. The van der Waals surface area contributed by atoms with E-state index in [1.165, 1.54) is 16.6 Å².